The van der Waals surface area contributed by atoms with Crippen LogP contribution in [0.2, 0.25) is 0 Å². The molecule has 2 aliphatic heterocycles. The quantitative estimate of drug-likeness (QED) is 0.298. The molecule has 2 amide bonds. The number of ether oxygens (including phenoxy) is 1. The van der Waals surface area contributed by atoms with E-state index >= 15 is 0 Å². The number of imide groups is 1. The van der Waals surface area contributed by atoms with Crippen molar-refractivity contribution in [3.8, 4) is 0 Å². The molecule has 0 saturated heterocycles. The van der Waals surface area contributed by atoms with Crippen LogP contribution in [0, 0.1) is 0 Å². The van der Waals surface area contributed by atoms with Gasteiger partial charge in [0.15, 0.2) is 0 Å². The molecule has 0 aromatic carbocycles. The predicted molar refractivity (Wildman–Crippen MR) is 42.5 cm³/mol. The molecule has 0 spiro atoms. The first kappa shape index (κ1) is 9.85. The van der Waals surface area contributed by atoms with Crippen LogP contribution in [0.3, 0.4) is 0 Å². The lowest BCUT2D eigenvalue weighted by Gasteiger charge is -1.80. The molecule has 0 aromatic rings. The molecule has 2 rings (SSSR count). The van der Waals surface area contributed by atoms with E-state index < -0.39 is 11.9 Å². The van der Waals surface area contributed by atoms with Crippen molar-refractivity contribution in [3.63, 3.8) is 0 Å². The van der Waals surface area contributed by atoms with Crippen LogP contribution in [0.25, 0.3) is 0 Å². The van der Waals surface area contributed by atoms with E-state index in [-0.39, 0.29) is 11.8 Å². The van der Waals surface area contributed by atoms with E-state index in [1.165, 1.54) is 12.2 Å². The van der Waals surface area contributed by atoms with Crippen molar-refractivity contribution in [2.24, 2.45) is 0 Å². The molecule has 0 aromatic heterocycles. The molecule has 14 heavy (non-hydrogen) atoms. The van der Waals surface area contributed by atoms with E-state index in [0.29, 0.717) is 0 Å². The molecule has 0 aliphatic carbocycles. The van der Waals surface area contributed by atoms with Gasteiger partial charge < -0.3 is 4.74 Å². The summed E-state index contributed by atoms with van der Waals surface area (Å²) in [4.78, 5) is 39.9. The Bertz CT molecular complexity index is 298. The second-order valence-corrected chi connectivity index (χ2v) is 2.26. The maximum absolute atomic E-state index is 10.0. The van der Waals surface area contributed by atoms with Crippen molar-refractivity contribution >= 4 is 23.8 Å². The molecule has 1 N–H and O–H groups in total. The summed E-state index contributed by atoms with van der Waals surface area (Å²) in [5.74, 6) is -1.81. The van der Waals surface area contributed by atoms with Crippen molar-refractivity contribution in [2.45, 2.75) is 0 Å². The van der Waals surface area contributed by atoms with Gasteiger partial charge in [-0.1, -0.05) is 0 Å². The summed E-state index contributed by atoms with van der Waals surface area (Å²) in [6.45, 7) is 0. The zero-order chi connectivity index (χ0) is 10.6. The molecule has 0 unspecified atom stereocenters. The lowest BCUT2D eigenvalue weighted by atomic mass is 10.6. The summed E-state index contributed by atoms with van der Waals surface area (Å²) in [5.41, 5.74) is 0. The Labute approximate surface area is 78.2 Å². The molecule has 6 heteroatoms. The topological polar surface area (TPSA) is 89.5 Å². The first-order chi connectivity index (χ1) is 6.58. The fraction of sp³-hybridized carbons (Fsp3) is 0. The van der Waals surface area contributed by atoms with E-state index in [1.807, 2.05) is 5.32 Å². The Morgan fingerprint density at radius 2 is 1.21 bits per heavy atom. The van der Waals surface area contributed by atoms with E-state index in [1.54, 1.807) is 0 Å². The Kier molecular flexibility index (Phi) is 2.90. The lowest BCUT2D eigenvalue weighted by molar-refractivity contribution is -0.150. The number of carbonyl (C=O) groups excluding carboxylic acids is 4. The summed E-state index contributed by atoms with van der Waals surface area (Å²) in [6, 6.07) is 0. The minimum absolute atomic E-state index is 0.329. The van der Waals surface area contributed by atoms with Gasteiger partial charge in [0.2, 0.25) is 0 Å². The van der Waals surface area contributed by atoms with Gasteiger partial charge in [0, 0.05) is 24.3 Å². The molecule has 2 heterocycles. The second kappa shape index (κ2) is 4.13. The van der Waals surface area contributed by atoms with Crippen LogP contribution in [-0.4, -0.2) is 23.8 Å². The average molecular weight is 195 g/mol. The molecule has 0 atom stereocenters. The summed E-state index contributed by atoms with van der Waals surface area (Å²) in [7, 11) is 0. The van der Waals surface area contributed by atoms with Gasteiger partial charge in [-0.2, -0.15) is 0 Å². The average Bonchev–Trinajstić information content (AvgIpc) is 2.63. The number of carbonyl (C=O) groups is 4. The molecule has 2 aliphatic rings. The molecule has 0 saturated carbocycles. The highest BCUT2D eigenvalue weighted by Crippen LogP contribution is 1.92. The van der Waals surface area contributed by atoms with Gasteiger partial charge in [0.1, 0.15) is 0 Å². The lowest BCUT2D eigenvalue weighted by Crippen LogP contribution is -2.19. The van der Waals surface area contributed by atoms with Crippen molar-refractivity contribution in [2.75, 3.05) is 0 Å². The smallest absolute Gasteiger partial charge is 0.338 e. The first-order valence-corrected chi connectivity index (χ1v) is 3.55. The van der Waals surface area contributed by atoms with Crippen LogP contribution in [0.15, 0.2) is 24.3 Å². The number of amides is 2. The van der Waals surface area contributed by atoms with Crippen molar-refractivity contribution in [1.29, 1.82) is 0 Å². The third-order valence-corrected chi connectivity index (χ3v) is 1.19. The molecular weight excluding hydrogens is 190 g/mol. The maximum atomic E-state index is 10.0. The van der Waals surface area contributed by atoms with Gasteiger partial charge in [-0.3, -0.25) is 14.9 Å². The van der Waals surface area contributed by atoms with Gasteiger partial charge in [0.25, 0.3) is 11.8 Å². The number of esters is 2. The maximum Gasteiger partial charge on any atom is 0.338 e. The third-order valence-electron chi connectivity index (χ3n) is 1.19. The van der Waals surface area contributed by atoms with Crippen molar-refractivity contribution < 1.29 is 23.9 Å². The predicted octanol–water partition coefficient (Wildman–Crippen LogP) is -1.18. The Morgan fingerprint density at radius 1 is 0.786 bits per heavy atom. The van der Waals surface area contributed by atoms with Crippen LogP contribution < -0.4 is 5.32 Å². The monoisotopic (exact) mass is 195 g/mol. The summed E-state index contributed by atoms with van der Waals surface area (Å²) < 4.78 is 3.97. The zero-order valence-electron chi connectivity index (χ0n) is 6.85. The van der Waals surface area contributed by atoms with E-state index in [9.17, 15) is 19.2 Å². The standard InChI is InChI=1S/C4H3NO2.C4H2O3/c6-3-1-2-4(7)5-3;5-3-1-2-4(6)7-3/h1-2H,(H,5,6,7);1-2H. The Hall–Kier alpha value is -2.24. The van der Waals surface area contributed by atoms with Crippen LogP contribution >= 0.6 is 0 Å². The summed E-state index contributed by atoms with van der Waals surface area (Å²) >= 11 is 0. The molecular formula is C8H5NO5. The van der Waals surface area contributed by atoms with Gasteiger partial charge >= 0.3 is 11.9 Å². The summed E-state index contributed by atoms with van der Waals surface area (Å²) in [6.07, 6.45) is 4.56. The second-order valence-electron chi connectivity index (χ2n) is 2.26. The normalized spacial score (nSPS) is 17.7. The minimum Gasteiger partial charge on any atom is -0.387 e. The van der Waals surface area contributed by atoms with Gasteiger partial charge in [0.05, 0.1) is 0 Å². The molecule has 0 radical (unpaired) electrons. The number of cyclic esters (lactones) is 2. The zero-order valence-corrected chi connectivity index (χ0v) is 6.85. The third kappa shape index (κ3) is 3.02. The first-order valence-electron chi connectivity index (χ1n) is 3.55. The van der Waals surface area contributed by atoms with Crippen molar-refractivity contribution in [1.82, 2.24) is 5.32 Å². The Morgan fingerprint density at radius 3 is 1.36 bits per heavy atom. The minimum atomic E-state index is -0.579. The molecule has 6 nitrogen and oxygen atoms in total. The molecule has 72 valence electrons. The highest BCUT2D eigenvalue weighted by Gasteiger charge is 2.10. The number of hydrogen-bond donors (Lipinski definition) is 1. The van der Waals surface area contributed by atoms with Gasteiger partial charge in [-0.15, -0.1) is 0 Å². The SMILES string of the molecule is O=C1C=CC(=O)N1.O=C1C=CC(=O)O1. The molecule has 0 fully saturated rings. The van der Waals surface area contributed by atoms with Crippen LogP contribution in [0.1, 0.15) is 0 Å². The fourth-order valence-electron chi connectivity index (χ4n) is 0.659. The van der Waals surface area contributed by atoms with E-state index in [2.05, 4.69) is 4.74 Å². The van der Waals surface area contributed by atoms with Gasteiger partial charge in [-0.25, -0.2) is 9.59 Å². The van der Waals surface area contributed by atoms with Crippen LogP contribution in [-0.2, 0) is 23.9 Å². The van der Waals surface area contributed by atoms with Crippen LogP contribution in [0.4, 0.5) is 0 Å². The van der Waals surface area contributed by atoms with Crippen molar-refractivity contribution in [3.05, 3.63) is 24.3 Å². The van der Waals surface area contributed by atoms with Crippen LogP contribution in [0.5, 0.6) is 0 Å². The number of hydrogen-bond acceptors (Lipinski definition) is 5. The Balaban J connectivity index is 0.000000140. The highest BCUT2D eigenvalue weighted by atomic mass is 16.6. The highest BCUT2D eigenvalue weighted by molar-refractivity contribution is 6.12. The number of rotatable bonds is 0. The summed E-state index contributed by atoms with van der Waals surface area (Å²) in [5, 5.41) is 2.03. The van der Waals surface area contributed by atoms with E-state index in [4.69, 9.17) is 0 Å². The number of nitrogens with one attached hydrogen (secondary N) is 1. The molecule has 0 bridgehead atoms. The fourth-order valence-corrected chi connectivity index (χ4v) is 0.659. The van der Waals surface area contributed by atoms with E-state index in [0.717, 1.165) is 12.2 Å². The largest absolute Gasteiger partial charge is 0.387 e. The van der Waals surface area contributed by atoms with Gasteiger partial charge in [-0.05, 0) is 0 Å².